The summed E-state index contributed by atoms with van der Waals surface area (Å²) in [6.45, 7) is 0.297. The lowest BCUT2D eigenvalue weighted by Crippen LogP contribution is -2.14. The van der Waals surface area contributed by atoms with Crippen LogP contribution < -0.4 is 10.6 Å². The van der Waals surface area contributed by atoms with Gasteiger partial charge in [0.2, 0.25) is 11.8 Å². The number of aromatic nitrogens is 2. The second kappa shape index (κ2) is 8.58. The monoisotopic (exact) mass is 404 g/mol. The molecular weight excluding hydrogens is 388 g/mol. The van der Waals surface area contributed by atoms with Crippen molar-refractivity contribution < 1.29 is 9.21 Å². The van der Waals surface area contributed by atoms with Crippen molar-refractivity contribution in [3.8, 4) is 11.5 Å². The molecular formula is C22H17ClN4O2. The van der Waals surface area contributed by atoms with Crippen LogP contribution >= 0.6 is 11.6 Å². The van der Waals surface area contributed by atoms with E-state index >= 15 is 0 Å². The molecule has 3 aromatic carbocycles. The standard InChI is InChI=1S/C22H17ClN4O2/c23-16-10-12-17(13-11-16)25-21(28)18-8-4-5-9-19(18)24-14-20-26-27-22(29-20)15-6-2-1-3-7-15/h1-13,24H,14H2,(H,25,28). The maximum Gasteiger partial charge on any atom is 0.257 e. The molecule has 0 saturated carbocycles. The number of anilines is 2. The van der Waals surface area contributed by atoms with E-state index in [0.29, 0.717) is 40.3 Å². The van der Waals surface area contributed by atoms with Crippen LogP contribution in [-0.2, 0) is 6.54 Å². The summed E-state index contributed by atoms with van der Waals surface area (Å²) in [7, 11) is 0. The molecule has 6 nitrogen and oxygen atoms in total. The SMILES string of the molecule is O=C(Nc1ccc(Cl)cc1)c1ccccc1NCc1nnc(-c2ccccc2)o1. The minimum atomic E-state index is -0.231. The van der Waals surface area contributed by atoms with Crippen molar-refractivity contribution >= 4 is 28.9 Å². The van der Waals surface area contributed by atoms with E-state index < -0.39 is 0 Å². The molecule has 0 bridgehead atoms. The summed E-state index contributed by atoms with van der Waals surface area (Å²) in [6.07, 6.45) is 0. The molecule has 1 heterocycles. The number of carbonyl (C=O) groups is 1. The maximum atomic E-state index is 12.7. The topological polar surface area (TPSA) is 80.0 Å². The molecule has 0 unspecified atom stereocenters. The Balaban J connectivity index is 1.45. The van der Waals surface area contributed by atoms with Gasteiger partial charge in [0, 0.05) is 22.0 Å². The van der Waals surface area contributed by atoms with Gasteiger partial charge in [-0.1, -0.05) is 41.9 Å². The van der Waals surface area contributed by atoms with Crippen molar-refractivity contribution in [3.05, 3.63) is 95.3 Å². The molecule has 0 fully saturated rings. The van der Waals surface area contributed by atoms with Crippen molar-refractivity contribution in [2.24, 2.45) is 0 Å². The van der Waals surface area contributed by atoms with Crippen molar-refractivity contribution in [1.82, 2.24) is 10.2 Å². The van der Waals surface area contributed by atoms with Crippen LogP contribution in [0.4, 0.5) is 11.4 Å². The highest BCUT2D eigenvalue weighted by Gasteiger charge is 2.13. The third-order valence-corrected chi connectivity index (χ3v) is 4.44. The van der Waals surface area contributed by atoms with E-state index in [1.165, 1.54) is 0 Å². The molecule has 4 aromatic rings. The van der Waals surface area contributed by atoms with E-state index in [2.05, 4.69) is 20.8 Å². The van der Waals surface area contributed by atoms with Gasteiger partial charge in [-0.05, 0) is 48.5 Å². The first kappa shape index (κ1) is 18.7. The van der Waals surface area contributed by atoms with E-state index in [1.807, 2.05) is 48.5 Å². The van der Waals surface area contributed by atoms with Gasteiger partial charge in [0.25, 0.3) is 5.91 Å². The molecule has 0 aliphatic heterocycles. The van der Waals surface area contributed by atoms with Crippen LogP contribution in [0.5, 0.6) is 0 Å². The number of nitrogens with one attached hydrogen (secondary N) is 2. The Hall–Kier alpha value is -3.64. The first-order valence-corrected chi connectivity index (χ1v) is 9.34. The largest absolute Gasteiger partial charge is 0.419 e. The molecule has 144 valence electrons. The van der Waals surface area contributed by atoms with Gasteiger partial charge in [-0.2, -0.15) is 0 Å². The number of rotatable bonds is 6. The van der Waals surface area contributed by atoms with Gasteiger partial charge in [0.15, 0.2) is 0 Å². The summed E-state index contributed by atoms with van der Waals surface area (Å²) in [4.78, 5) is 12.7. The Morgan fingerprint density at radius 2 is 1.62 bits per heavy atom. The molecule has 0 spiro atoms. The first-order valence-electron chi connectivity index (χ1n) is 8.97. The lowest BCUT2D eigenvalue weighted by atomic mass is 10.1. The molecule has 7 heteroatoms. The van der Waals surface area contributed by atoms with E-state index in [1.54, 1.807) is 30.3 Å². The first-order chi connectivity index (χ1) is 14.2. The number of hydrogen-bond donors (Lipinski definition) is 2. The van der Waals surface area contributed by atoms with Gasteiger partial charge in [-0.25, -0.2) is 0 Å². The maximum absolute atomic E-state index is 12.7. The Kier molecular flexibility index (Phi) is 5.54. The predicted octanol–water partition coefficient (Wildman–Crippen LogP) is 5.25. The molecule has 0 saturated heterocycles. The molecule has 0 aliphatic carbocycles. The van der Waals surface area contributed by atoms with Crippen LogP contribution in [-0.4, -0.2) is 16.1 Å². The molecule has 0 radical (unpaired) electrons. The fourth-order valence-corrected chi connectivity index (χ4v) is 2.89. The molecule has 29 heavy (non-hydrogen) atoms. The zero-order valence-electron chi connectivity index (χ0n) is 15.3. The molecule has 0 aliphatic rings. The van der Waals surface area contributed by atoms with E-state index in [-0.39, 0.29) is 5.91 Å². The Morgan fingerprint density at radius 1 is 0.897 bits per heavy atom. The highest BCUT2D eigenvalue weighted by atomic mass is 35.5. The third kappa shape index (κ3) is 4.62. The average molecular weight is 405 g/mol. The summed E-state index contributed by atoms with van der Waals surface area (Å²) >= 11 is 5.89. The molecule has 1 amide bonds. The Morgan fingerprint density at radius 3 is 2.41 bits per heavy atom. The zero-order valence-corrected chi connectivity index (χ0v) is 16.1. The van der Waals surface area contributed by atoms with E-state index in [4.69, 9.17) is 16.0 Å². The van der Waals surface area contributed by atoms with Gasteiger partial charge in [0.1, 0.15) is 0 Å². The number of carbonyl (C=O) groups excluding carboxylic acids is 1. The number of nitrogens with zero attached hydrogens (tertiary/aromatic N) is 2. The molecule has 4 rings (SSSR count). The van der Waals surface area contributed by atoms with Crippen molar-refractivity contribution in [1.29, 1.82) is 0 Å². The second-order valence-corrected chi connectivity index (χ2v) is 6.66. The summed E-state index contributed by atoms with van der Waals surface area (Å²) in [5, 5.41) is 14.8. The lowest BCUT2D eigenvalue weighted by Gasteiger charge is -2.11. The number of amides is 1. The van der Waals surface area contributed by atoms with Crippen LogP contribution in [0.3, 0.4) is 0 Å². The van der Waals surface area contributed by atoms with E-state index in [9.17, 15) is 4.79 Å². The fourth-order valence-electron chi connectivity index (χ4n) is 2.76. The lowest BCUT2D eigenvalue weighted by molar-refractivity contribution is 0.102. The van der Waals surface area contributed by atoms with Crippen LogP contribution in [0.1, 0.15) is 16.2 Å². The van der Waals surface area contributed by atoms with Crippen molar-refractivity contribution in [3.63, 3.8) is 0 Å². The fraction of sp³-hybridized carbons (Fsp3) is 0.0455. The van der Waals surface area contributed by atoms with Gasteiger partial charge < -0.3 is 15.1 Å². The van der Waals surface area contributed by atoms with Crippen LogP contribution in [0.15, 0.2) is 83.3 Å². The third-order valence-electron chi connectivity index (χ3n) is 4.19. The smallest absolute Gasteiger partial charge is 0.257 e. The number of para-hydroxylation sites is 1. The summed E-state index contributed by atoms with van der Waals surface area (Å²) in [5.74, 6) is 0.652. The van der Waals surface area contributed by atoms with Crippen LogP contribution in [0.2, 0.25) is 5.02 Å². The van der Waals surface area contributed by atoms with Crippen molar-refractivity contribution in [2.75, 3.05) is 10.6 Å². The highest BCUT2D eigenvalue weighted by molar-refractivity contribution is 6.30. The predicted molar refractivity (Wildman–Crippen MR) is 113 cm³/mol. The average Bonchev–Trinajstić information content (AvgIpc) is 3.24. The molecule has 2 N–H and O–H groups in total. The summed E-state index contributed by atoms with van der Waals surface area (Å²) < 4.78 is 5.70. The Labute approximate surface area is 172 Å². The summed E-state index contributed by atoms with van der Waals surface area (Å²) in [5.41, 5.74) is 2.69. The molecule has 1 aromatic heterocycles. The zero-order chi connectivity index (χ0) is 20.1. The van der Waals surface area contributed by atoms with Gasteiger partial charge in [-0.3, -0.25) is 4.79 Å². The van der Waals surface area contributed by atoms with Crippen molar-refractivity contribution in [2.45, 2.75) is 6.54 Å². The normalized spacial score (nSPS) is 10.5. The highest BCUT2D eigenvalue weighted by Crippen LogP contribution is 2.21. The number of benzene rings is 3. The van der Waals surface area contributed by atoms with Gasteiger partial charge in [0.05, 0.1) is 12.1 Å². The number of halogens is 1. The minimum Gasteiger partial charge on any atom is -0.419 e. The van der Waals surface area contributed by atoms with Crippen LogP contribution in [0.25, 0.3) is 11.5 Å². The van der Waals surface area contributed by atoms with Gasteiger partial charge in [-0.15, -0.1) is 10.2 Å². The van der Waals surface area contributed by atoms with Gasteiger partial charge >= 0.3 is 0 Å². The molecule has 0 atom stereocenters. The van der Waals surface area contributed by atoms with E-state index in [0.717, 1.165) is 5.56 Å². The Bertz CT molecular complexity index is 1110. The quantitative estimate of drug-likeness (QED) is 0.458. The second-order valence-electron chi connectivity index (χ2n) is 6.23. The van der Waals surface area contributed by atoms with Crippen LogP contribution in [0, 0.1) is 0 Å². The minimum absolute atomic E-state index is 0.231. The summed E-state index contributed by atoms with van der Waals surface area (Å²) in [6, 6.07) is 23.7. The number of hydrogen-bond acceptors (Lipinski definition) is 5.